The average Bonchev–Trinajstić information content (AvgIpc) is 2.15. The van der Waals surface area contributed by atoms with E-state index >= 15 is 0 Å². The highest BCUT2D eigenvalue weighted by atomic mass is 19.1. The highest BCUT2D eigenvalue weighted by molar-refractivity contribution is 5.43. The molecule has 0 unspecified atom stereocenters. The second kappa shape index (κ2) is 6.43. The average molecular weight is 229 g/mol. The van der Waals surface area contributed by atoms with Gasteiger partial charge in [0.2, 0.25) is 0 Å². The van der Waals surface area contributed by atoms with E-state index in [2.05, 4.69) is 19.2 Å². The van der Waals surface area contributed by atoms with Crippen molar-refractivity contribution in [1.82, 2.24) is 0 Å². The van der Waals surface area contributed by atoms with Gasteiger partial charge in [-0.1, -0.05) is 13.8 Å². The molecule has 0 heterocycles. The monoisotopic (exact) mass is 229 g/mol. The van der Waals surface area contributed by atoms with Crippen molar-refractivity contribution in [2.75, 3.05) is 25.1 Å². The molecule has 1 rings (SSSR count). The Hall–Kier alpha value is -1.16. The molecule has 4 heteroatoms. The van der Waals surface area contributed by atoms with Crippen LogP contribution in [0.15, 0.2) is 18.2 Å². The van der Waals surface area contributed by atoms with Gasteiger partial charge in [-0.2, -0.15) is 0 Å². The van der Waals surface area contributed by atoms with E-state index in [1.807, 2.05) is 0 Å². The predicted molar refractivity (Wildman–Crippen MR) is 60.5 cm³/mol. The van der Waals surface area contributed by atoms with E-state index < -0.39 is 11.6 Å². The van der Waals surface area contributed by atoms with Gasteiger partial charge < -0.3 is 10.1 Å². The first kappa shape index (κ1) is 12.9. The number of anilines is 1. The van der Waals surface area contributed by atoms with Crippen molar-refractivity contribution in [1.29, 1.82) is 0 Å². The van der Waals surface area contributed by atoms with Gasteiger partial charge in [0.25, 0.3) is 0 Å². The fourth-order valence-electron chi connectivity index (χ4n) is 1.24. The van der Waals surface area contributed by atoms with Crippen LogP contribution in [0.4, 0.5) is 14.5 Å². The van der Waals surface area contributed by atoms with E-state index in [0.29, 0.717) is 31.4 Å². The van der Waals surface area contributed by atoms with Crippen molar-refractivity contribution in [3.8, 4) is 0 Å². The molecule has 0 saturated heterocycles. The molecule has 0 atom stereocenters. The molecule has 0 bridgehead atoms. The van der Waals surface area contributed by atoms with Crippen LogP contribution in [-0.4, -0.2) is 19.8 Å². The molecule has 1 aromatic carbocycles. The van der Waals surface area contributed by atoms with Gasteiger partial charge in [0.1, 0.15) is 11.6 Å². The van der Waals surface area contributed by atoms with Crippen LogP contribution >= 0.6 is 0 Å². The van der Waals surface area contributed by atoms with E-state index in [1.54, 1.807) is 0 Å². The van der Waals surface area contributed by atoms with E-state index in [4.69, 9.17) is 4.74 Å². The third-order valence-corrected chi connectivity index (χ3v) is 1.89. The molecule has 0 aliphatic carbocycles. The summed E-state index contributed by atoms with van der Waals surface area (Å²) in [5.41, 5.74) is 0.436. The maximum Gasteiger partial charge on any atom is 0.128 e. The van der Waals surface area contributed by atoms with Crippen molar-refractivity contribution in [2.45, 2.75) is 13.8 Å². The van der Waals surface area contributed by atoms with Gasteiger partial charge in [0, 0.05) is 24.9 Å². The molecule has 0 fully saturated rings. The topological polar surface area (TPSA) is 21.3 Å². The van der Waals surface area contributed by atoms with Gasteiger partial charge in [-0.3, -0.25) is 0 Å². The van der Waals surface area contributed by atoms with Crippen molar-refractivity contribution < 1.29 is 13.5 Å². The lowest BCUT2D eigenvalue weighted by molar-refractivity contribution is 0.118. The molecule has 0 aliphatic heterocycles. The first-order chi connectivity index (χ1) is 7.58. The van der Waals surface area contributed by atoms with Crippen LogP contribution in [0.2, 0.25) is 0 Å². The SMILES string of the molecule is CC(C)COCCNc1cc(F)cc(F)c1. The summed E-state index contributed by atoms with van der Waals surface area (Å²) in [5.74, 6) is -0.664. The largest absolute Gasteiger partial charge is 0.383 e. The third-order valence-electron chi connectivity index (χ3n) is 1.89. The highest BCUT2D eigenvalue weighted by Gasteiger charge is 1.99. The number of benzene rings is 1. The van der Waals surface area contributed by atoms with Gasteiger partial charge in [0.15, 0.2) is 0 Å². The number of nitrogens with one attached hydrogen (secondary N) is 1. The van der Waals surface area contributed by atoms with Crippen LogP contribution in [0, 0.1) is 17.6 Å². The maximum absolute atomic E-state index is 12.8. The highest BCUT2D eigenvalue weighted by Crippen LogP contribution is 2.12. The van der Waals surface area contributed by atoms with Gasteiger partial charge in [-0.25, -0.2) is 8.78 Å². The number of hydrogen-bond acceptors (Lipinski definition) is 2. The van der Waals surface area contributed by atoms with E-state index in [9.17, 15) is 8.78 Å². The predicted octanol–water partition coefficient (Wildman–Crippen LogP) is 3.05. The van der Waals surface area contributed by atoms with Crippen LogP contribution < -0.4 is 5.32 Å². The zero-order chi connectivity index (χ0) is 12.0. The zero-order valence-electron chi connectivity index (χ0n) is 9.59. The Bertz CT molecular complexity index is 309. The lowest BCUT2D eigenvalue weighted by atomic mass is 10.2. The van der Waals surface area contributed by atoms with Crippen LogP contribution in [0.1, 0.15) is 13.8 Å². The second-order valence-corrected chi connectivity index (χ2v) is 4.05. The summed E-state index contributed by atoms with van der Waals surface area (Å²) < 4.78 is 30.9. The summed E-state index contributed by atoms with van der Waals surface area (Å²) in [5, 5.41) is 2.90. The Balaban J connectivity index is 2.26. The fourth-order valence-corrected chi connectivity index (χ4v) is 1.24. The lowest BCUT2D eigenvalue weighted by Crippen LogP contribution is -2.12. The van der Waals surface area contributed by atoms with Gasteiger partial charge in [0.05, 0.1) is 6.61 Å². The normalized spacial score (nSPS) is 10.8. The Morgan fingerprint density at radius 3 is 2.38 bits per heavy atom. The third kappa shape index (κ3) is 5.07. The first-order valence-electron chi connectivity index (χ1n) is 5.35. The van der Waals surface area contributed by atoms with Gasteiger partial charge in [-0.05, 0) is 18.1 Å². The quantitative estimate of drug-likeness (QED) is 0.757. The van der Waals surface area contributed by atoms with Crippen molar-refractivity contribution >= 4 is 5.69 Å². The number of rotatable bonds is 6. The number of ether oxygens (including phenoxy) is 1. The van der Waals surface area contributed by atoms with Crippen molar-refractivity contribution in [2.24, 2.45) is 5.92 Å². The van der Waals surface area contributed by atoms with E-state index in [1.165, 1.54) is 12.1 Å². The van der Waals surface area contributed by atoms with Crippen LogP contribution in [0.3, 0.4) is 0 Å². The minimum Gasteiger partial charge on any atom is -0.383 e. The Kier molecular flexibility index (Phi) is 5.19. The molecule has 0 amide bonds. The molecule has 0 aromatic heterocycles. The molecular weight excluding hydrogens is 212 g/mol. The first-order valence-corrected chi connectivity index (χ1v) is 5.35. The molecule has 0 aliphatic rings. The smallest absolute Gasteiger partial charge is 0.128 e. The van der Waals surface area contributed by atoms with Crippen molar-refractivity contribution in [3.05, 3.63) is 29.8 Å². The summed E-state index contributed by atoms with van der Waals surface area (Å²) in [4.78, 5) is 0. The van der Waals surface area contributed by atoms with E-state index in [-0.39, 0.29) is 0 Å². The Labute approximate surface area is 94.6 Å². The molecule has 90 valence electrons. The summed E-state index contributed by atoms with van der Waals surface area (Å²) in [6, 6.07) is 3.36. The molecule has 0 radical (unpaired) electrons. The standard InChI is InChI=1S/C12H17F2NO/c1-9(2)8-16-4-3-15-12-6-10(13)5-11(14)7-12/h5-7,9,15H,3-4,8H2,1-2H3. The van der Waals surface area contributed by atoms with Crippen LogP contribution in [-0.2, 0) is 4.74 Å². The number of hydrogen-bond donors (Lipinski definition) is 1. The molecular formula is C12H17F2NO. The van der Waals surface area contributed by atoms with Crippen LogP contribution in [0.5, 0.6) is 0 Å². The van der Waals surface area contributed by atoms with Gasteiger partial charge >= 0.3 is 0 Å². The summed E-state index contributed by atoms with van der Waals surface area (Å²) in [6.07, 6.45) is 0. The summed E-state index contributed by atoms with van der Waals surface area (Å²) in [6.45, 7) is 5.88. The lowest BCUT2D eigenvalue weighted by Gasteiger charge is -2.09. The molecule has 1 aromatic rings. The number of halogens is 2. The molecule has 2 nitrogen and oxygen atoms in total. The Morgan fingerprint density at radius 1 is 1.19 bits per heavy atom. The zero-order valence-corrected chi connectivity index (χ0v) is 9.59. The Morgan fingerprint density at radius 2 is 1.81 bits per heavy atom. The maximum atomic E-state index is 12.8. The molecule has 1 N–H and O–H groups in total. The van der Waals surface area contributed by atoms with Gasteiger partial charge in [-0.15, -0.1) is 0 Å². The second-order valence-electron chi connectivity index (χ2n) is 4.05. The molecule has 16 heavy (non-hydrogen) atoms. The summed E-state index contributed by atoms with van der Waals surface area (Å²) >= 11 is 0. The minimum absolute atomic E-state index is 0.436. The van der Waals surface area contributed by atoms with Crippen LogP contribution in [0.25, 0.3) is 0 Å². The molecule has 0 spiro atoms. The molecule has 0 saturated carbocycles. The van der Waals surface area contributed by atoms with E-state index in [0.717, 1.165) is 6.07 Å². The summed E-state index contributed by atoms with van der Waals surface area (Å²) in [7, 11) is 0. The minimum atomic E-state index is -0.578. The fraction of sp³-hybridized carbons (Fsp3) is 0.500. The van der Waals surface area contributed by atoms with Crippen molar-refractivity contribution in [3.63, 3.8) is 0 Å².